The lowest BCUT2D eigenvalue weighted by Crippen LogP contribution is -2.33. The normalized spacial score (nSPS) is 16.2. The summed E-state index contributed by atoms with van der Waals surface area (Å²) >= 11 is 0. The molecule has 0 saturated carbocycles. The minimum atomic E-state index is -0.0130. The minimum Gasteiger partial charge on any atom is -0.475 e. The first-order chi connectivity index (χ1) is 9.04. The fourth-order valence-electron chi connectivity index (χ4n) is 1.90. The van der Waals surface area contributed by atoms with Crippen molar-refractivity contribution in [3.05, 3.63) is 6.07 Å². The molecule has 0 radical (unpaired) electrons. The maximum absolute atomic E-state index is 11.6. The van der Waals surface area contributed by atoms with Crippen molar-refractivity contribution in [1.29, 1.82) is 0 Å². The van der Waals surface area contributed by atoms with Gasteiger partial charge in [0.15, 0.2) is 0 Å². The molecule has 0 spiro atoms. The molecule has 19 heavy (non-hydrogen) atoms. The Morgan fingerprint density at radius 2 is 2.26 bits per heavy atom. The fraction of sp³-hybridized carbons (Fsp3) is 0.583. The molecule has 7 nitrogen and oxygen atoms in total. The summed E-state index contributed by atoms with van der Waals surface area (Å²) in [5, 5.41) is 2.82. The number of hydrogen-bond acceptors (Lipinski definition) is 6. The third-order valence-electron chi connectivity index (χ3n) is 2.65. The molecule has 0 unspecified atom stereocenters. The zero-order valence-corrected chi connectivity index (χ0v) is 11.2. The van der Waals surface area contributed by atoms with Gasteiger partial charge in [-0.25, -0.2) is 0 Å². The van der Waals surface area contributed by atoms with E-state index in [1.165, 1.54) is 0 Å². The number of rotatable bonds is 3. The number of nitrogens with one attached hydrogen (secondary N) is 1. The van der Waals surface area contributed by atoms with Crippen molar-refractivity contribution < 1.29 is 9.53 Å². The average molecular weight is 265 g/mol. The van der Waals surface area contributed by atoms with Gasteiger partial charge in [0, 0.05) is 19.2 Å². The van der Waals surface area contributed by atoms with E-state index in [9.17, 15) is 4.79 Å². The Bertz CT molecular complexity index is 463. The maximum Gasteiger partial charge on any atom is 0.239 e. The number of ether oxygens (including phenoxy) is 1. The molecule has 0 aliphatic carbocycles. The number of hydrogen-bond donors (Lipinski definition) is 2. The molecule has 1 saturated heterocycles. The van der Waals surface area contributed by atoms with E-state index in [1.807, 2.05) is 18.7 Å². The Kier molecular flexibility index (Phi) is 4.03. The molecule has 1 aliphatic rings. The summed E-state index contributed by atoms with van der Waals surface area (Å²) in [7, 11) is 0. The van der Waals surface area contributed by atoms with Crippen LogP contribution in [0.3, 0.4) is 0 Å². The van der Waals surface area contributed by atoms with Crippen molar-refractivity contribution in [2.24, 2.45) is 0 Å². The predicted molar refractivity (Wildman–Crippen MR) is 72.0 cm³/mol. The Morgan fingerprint density at radius 3 is 3.00 bits per heavy atom. The van der Waals surface area contributed by atoms with Gasteiger partial charge in [0.1, 0.15) is 5.82 Å². The van der Waals surface area contributed by atoms with E-state index in [4.69, 9.17) is 10.5 Å². The van der Waals surface area contributed by atoms with Gasteiger partial charge in [0.2, 0.25) is 17.7 Å². The molecule has 3 N–H and O–H groups in total. The highest BCUT2D eigenvalue weighted by Gasteiger charge is 2.17. The molecular weight excluding hydrogens is 246 g/mol. The molecule has 0 atom stereocenters. The van der Waals surface area contributed by atoms with E-state index in [1.54, 1.807) is 6.07 Å². The fourth-order valence-corrected chi connectivity index (χ4v) is 1.90. The van der Waals surface area contributed by atoms with Crippen molar-refractivity contribution in [3.63, 3.8) is 0 Å². The van der Waals surface area contributed by atoms with Crippen LogP contribution in [0.5, 0.6) is 5.88 Å². The van der Waals surface area contributed by atoms with E-state index in [0.29, 0.717) is 18.2 Å². The number of carbonyl (C=O) groups is 1. The van der Waals surface area contributed by atoms with Crippen molar-refractivity contribution in [2.75, 3.05) is 30.3 Å². The highest BCUT2D eigenvalue weighted by atomic mass is 16.5. The van der Waals surface area contributed by atoms with Gasteiger partial charge < -0.3 is 20.7 Å². The van der Waals surface area contributed by atoms with Gasteiger partial charge in [-0.05, 0) is 20.3 Å². The van der Waals surface area contributed by atoms with Crippen LogP contribution in [0.1, 0.15) is 20.3 Å². The summed E-state index contributed by atoms with van der Waals surface area (Å²) in [5.41, 5.74) is 5.69. The van der Waals surface area contributed by atoms with Crippen molar-refractivity contribution in [2.45, 2.75) is 26.4 Å². The smallest absolute Gasteiger partial charge is 0.239 e. The number of carbonyl (C=O) groups excluding carboxylic acids is 1. The summed E-state index contributed by atoms with van der Waals surface area (Å²) < 4.78 is 5.53. The minimum absolute atomic E-state index is 0.00887. The Hall–Kier alpha value is -2.05. The van der Waals surface area contributed by atoms with Crippen molar-refractivity contribution in [3.8, 4) is 5.88 Å². The third kappa shape index (κ3) is 3.70. The first kappa shape index (κ1) is 13.4. The Labute approximate surface area is 112 Å². The molecule has 104 valence electrons. The van der Waals surface area contributed by atoms with E-state index >= 15 is 0 Å². The summed E-state index contributed by atoms with van der Waals surface area (Å²) in [6.07, 6.45) is 0.880. The van der Waals surface area contributed by atoms with Crippen LogP contribution in [0.15, 0.2) is 6.07 Å². The van der Waals surface area contributed by atoms with Crippen LogP contribution >= 0.6 is 0 Å². The molecule has 1 aromatic heterocycles. The van der Waals surface area contributed by atoms with Gasteiger partial charge in [-0.15, -0.1) is 0 Å². The van der Waals surface area contributed by atoms with Crippen LogP contribution in [0.4, 0.5) is 11.8 Å². The summed E-state index contributed by atoms with van der Waals surface area (Å²) in [6, 6.07) is 1.72. The zero-order valence-electron chi connectivity index (χ0n) is 11.2. The van der Waals surface area contributed by atoms with Crippen LogP contribution in [0, 0.1) is 0 Å². The molecule has 0 aromatic carbocycles. The standard InChI is InChI=1S/C12H19N5O2/c1-8(2)19-11-6-9(15-12(13)16-11)17-5-3-4-14-10(18)7-17/h6,8H,3-5,7H2,1-2H3,(H,14,18)(H2,13,15,16). The quantitative estimate of drug-likeness (QED) is 0.809. The van der Waals surface area contributed by atoms with Crippen molar-refractivity contribution in [1.82, 2.24) is 15.3 Å². The maximum atomic E-state index is 11.6. The molecule has 0 bridgehead atoms. The number of nitrogens with two attached hydrogens (primary N) is 1. The molecule has 2 heterocycles. The van der Waals surface area contributed by atoms with Gasteiger partial charge >= 0.3 is 0 Å². The summed E-state index contributed by atoms with van der Waals surface area (Å²) in [6.45, 7) is 5.54. The summed E-state index contributed by atoms with van der Waals surface area (Å²) in [4.78, 5) is 21.6. The van der Waals surface area contributed by atoms with Crippen LogP contribution < -0.4 is 20.7 Å². The Morgan fingerprint density at radius 1 is 1.47 bits per heavy atom. The average Bonchev–Trinajstić information content (AvgIpc) is 2.52. The van der Waals surface area contributed by atoms with E-state index in [2.05, 4.69) is 15.3 Å². The van der Waals surface area contributed by atoms with Crippen LogP contribution in [0.2, 0.25) is 0 Å². The molecule has 2 rings (SSSR count). The van der Waals surface area contributed by atoms with Gasteiger partial charge in [-0.1, -0.05) is 0 Å². The highest BCUT2D eigenvalue weighted by molar-refractivity contribution is 5.81. The first-order valence-corrected chi connectivity index (χ1v) is 6.37. The van der Waals surface area contributed by atoms with Crippen molar-refractivity contribution >= 4 is 17.7 Å². The van der Waals surface area contributed by atoms with E-state index < -0.39 is 0 Å². The van der Waals surface area contributed by atoms with E-state index in [0.717, 1.165) is 13.0 Å². The number of nitrogens with zero attached hydrogens (tertiary/aromatic N) is 3. The van der Waals surface area contributed by atoms with E-state index in [-0.39, 0.29) is 24.5 Å². The summed E-state index contributed by atoms with van der Waals surface area (Å²) in [5.74, 6) is 1.20. The SMILES string of the molecule is CC(C)Oc1cc(N2CCCNC(=O)C2)nc(N)n1. The van der Waals surface area contributed by atoms with Gasteiger partial charge in [-0.2, -0.15) is 9.97 Å². The topological polar surface area (TPSA) is 93.4 Å². The molecule has 7 heteroatoms. The number of nitrogen functional groups attached to an aromatic ring is 1. The lowest BCUT2D eigenvalue weighted by Gasteiger charge is -2.21. The number of anilines is 2. The van der Waals surface area contributed by atoms with Crippen LogP contribution in [-0.4, -0.2) is 41.6 Å². The second kappa shape index (κ2) is 5.73. The highest BCUT2D eigenvalue weighted by Crippen LogP contribution is 2.20. The van der Waals surface area contributed by atoms with Gasteiger partial charge in [0.25, 0.3) is 0 Å². The van der Waals surface area contributed by atoms with Gasteiger partial charge in [0.05, 0.1) is 12.6 Å². The molecule has 1 fully saturated rings. The van der Waals surface area contributed by atoms with Crippen LogP contribution in [0.25, 0.3) is 0 Å². The molecular formula is C12H19N5O2. The third-order valence-corrected chi connectivity index (χ3v) is 2.65. The molecule has 1 aliphatic heterocycles. The largest absolute Gasteiger partial charge is 0.475 e. The lowest BCUT2D eigenvalue weighted by atomic mass is 10.4. The Balaban J connectivity index is 2.22. The lowest BCUT2D eigenvalue weighted by molar-refractivity contribution is -0.119. The van der Waals surface area contributed by atoms with Crippen LogP contribution in [-0.2, 0) is 4.79 Å². The number of aromatic nitrogens is 2. The predicted octanol–water partition coefficient (Wildman–Crippen LogP) is 0.172. The molecule has 1 amide bonds. The molecule has 1 aromatic rings. The zero-order chi connectivity index (χ0) is 13.8. The van der Waals surface area contributed by atoms with Gasteiger partial charge in [-0.3, -0.25) is 4.79 Å². The second-order valence-corrected chi connectivity index (χ2v) is 4.71. The number of amides is 1. The second-order valence-electron chi connectivity index (χ2n) is 4.71. The first-order valence-electron chi connectivity index (χ1n) is 6.37. The monoisotopic (exact) mass is 265 g/mol.